The standard InChI is InChI=1S/C16H15ClN2O2/c17-13-7-10(1-5-15(13)20)9-18-12-3-4-14-11(8-12)2-6-16(21)19-14/h1,3-5,7-8,18,20H,2,6,9H2,(H,19,21). The minimum absolute atomic E-state index is 0.0712. The van der Waals surface area contributed by atoms with Crippen LogP contribution in [0.3, 0.4) is 0 Å². The monoisotopic (exact) mass is 302 g/mol. The van der Waals surface area contributed by atoms with Gasteiger partial charge < -0.3 is 15.7 Å². The molecule has 0 fully saturated rings. The van der Waals surface area contributed by atoms with Crippen molar-refractivity contribution in [2.45, 2.75) is 19.4 Å². The summed E-state index contributed by atoms with van der Waals surface area (Å²) in [7, 11) is 0. The van der Waals surface area contributed by atoms with Gasteiger partial charge in [0.25, 0.3) is 0 Å². The number of amides is 1. The number of aromatic hydroxyl groups is 1. The van der Waals surface area contributed by atoms with Crippen LogP contribution < -0.4 is 10.6 Å². The Morgan fingerprint density at radius 1 is 1.19 bits per heavy atom. The molecular weight excluding hydrogens is 288 g/mol. The molecule has 108 valence electrons. The molecule has 0 radical (unpaired) electrons. The van der Waals surface area contributed by atoms with E-state index in [2.05, 4.69) is 16.7 Å². The molecule has 0 atom stereocenters. The SMILES string of the molecule is O=C1CCc2cc(NCc3ccc(O)c(Cl)c3)ccc2N1. The third-order valence-corrected chi connectivity index (χ3v) is 3.81. The fraction of sp³-hybridized carbons (Fsp3) is 0.188. The number of nitrogens with one attached hydrogen (secondary N) is 2. The molecule has 21 heavy (non-hydrogen) atoms. The maximum absolute atomic E-state index is 11.3. The topological polar surface area (TPSA) is 61.4 Å². The van der Waals surface area contributed by atoms with E-state index in [0.717, 1.165) is 28.9 Å². The number of fused-ring (bicyclic) bond motifs is 1. The molecule has 1 aliphatic heterocycles. The summed E-state index contributed by atoms with van der Waals surface area (Å²) in [5.74, 6) is 0.159. The molecular formula is C16H15ClN2O2. The first kappa shape index (κ1) is 13.8. The van der Waals surface area contributed by atoms with Crippen LogP contribution in [-0.4, -0.2) is 11.0 Å². The van der Waals surface area contributed by atoms with Crippen molar-refractivity contribution in [2.75, 3.05) is 10.6 Å². The molecule has 2 aromatic rings. The zero-order chi connectivity index (χ0) is 14.8. The van der Waals surface area contributed by atoms with Gasteiger partial charge in [-0.2, -0.15) is 0 Å². The molecule has 4 nitrogen and oxygen atoms in total. The number of carbonyl (C=O) groups excluding carboxylic acids is 1. The Hall–Kier alpha value is -2.20. The van der Waals surface area contributed by atoms with Crippen molar-refractivity contribution in [2.24, 2.45) is 0 Å². The van der Waals surface area contributed by atoms with Crippen molar-refractivity contribution in [3.05, 3.63) is 52.5 Å². The van der Waals surface area contributed by atoms with E-state index in [1.54, 1.807) is 12.1 Å². The highest BCUT2D eigenvalue weighted by atomic mass is 35.5. The Morgan fingerprint density at radius 3 is 2.86 bits per heavy atom. The summed E-state index contributed by atoms with van der Waals surface area (Å²) in [6.45, 7) is 0.616. The number of halogens is 1. The fourth-order valence-corrected chi connectivity index (χ4v) is 2.56. The first-order chi connectivity index (χ1) is 10.1. The molecule has 1 amide bonds. The fourth-order valence-electron chi connectivity index (χ4n) is 2.36. The molecule has 0 aliphatic carbocycles. The normalized spacial score (nSPS) is 13.5. The lowest BCUT2D eigenvalue weighted by Crippen LogP contribution is -2.18. The molecule has 2 aromatic carbocycles. The van der Waals surface area contributed by atoms with E-state index >= 15 is 0 Å². The third kappa shape index (κ3) is 3.11. The minimum Gasteiger partial charge on any atom is -0.506 e. The highest BCUT2D eigenvalue weighted by Gasteiger charge is 2.14. The molecule has 5 heteroatoms. The van der Waals surface area contributed by atoms with Crippen LogP contribution in [0.4, 0.5) is 11.4 Å². The van der Waals surface area contributed by atoms with Crippen LogP contribution in [0.1, 0.15) is 17.5 Å². The Balaban J connectivity index is 1.71. The molecule has 1 aliphatic rings. The Morgan fingerprint density at radius 2 is 2.05 bits per heavy atom. The number of phenols is 1. The van der Waals surface area contributed by atoms with Crippen molar-refractivity contribution < 1.29 is 9.90 Å². The van der Waals surface area contributed by atoms with Crippen LogP contribution in [0.15, 0.2) is 36.4 Å². The first-order valence-corrected chi connectivity index (χ1v) is 7.13. The summed E-state index contributed by atoms with van der Waals surface area (Å²) in [6.07, 6.45) is 1.30. The van der Waals surface area contributed by atoms with Gasteiger partial charge in [-0.3, -0.25) is 4.79 Å². The number of benzene rings is 2. The first-order valence-electron chi connectivity index (χ1n) is 6.76. The van der Waals surface area contributed by atoms with Crippen molar-refractivity contribution >= 4 is 28.9 Å². The van der Waals surface area contributed by atoms with Gasteiger partial charge in [0.2, 0.25) is 5.91 Å². The van der Waals surface area contributed by atoms with Crippen LogP contribution >= 0.6 is 11.6 Å². The maximum atomic E-state index is 11.3. The van der Waals surface area contributed by atoms with E-state index in [4.69, 9.17) is 11.6 Å². The highest BCUT2D eigenvalue weighted by Crippen LogP contribution is 2.27. The average Bonchev–Trinajstić information content (AvgIpc) is 2.48. The van der Waals surface area contributed by atoms with Crippen molar-refractivity contribution in [1.82, 2.24) is 0 Å². The lowest BCUT2D eigenvalue weighted by molar-refractivity contribution is -0.116. The molecule has 0 bridgehead atoms. The lowest BCUT2D eigenvalue weighted by Gasteiger charge is -2.18. The van der Waals surface area contributed by atoms with E-state index in [0.29, 0.717) is 18.0 Å². The van der Waals surface area contributed by atoms with E-state index in [1.165, 1.54) is 0 Å². The van der Waals surface area contributed by atoms with Gasteiger partial charge in [-0.1, -0.05) is 17.7 Å². The molecule has 1 heterocycles. The molecule has 3 N–H and O–H groups in total. The average molecular weight is 303 g/mol. The van der Waals surface area contributed by atoms with Gasteiger partial charge in [-0.15, -0.1) is 0 Å². The van der Waals surface area contributed by atoms with Gasteiger partial charge in [0.05, 0.1) is 5.02 Å². The summed E-state index contributed by atoms with van der Waals surface area (Å²) in [4.78, 5) is 11.3. The van der Waals surface area contributed by atoms with E-state index in [9.17, 15) is 9.90 Å². The predicted molar refractivity (Wildman–Crippen MR) is 83.8 cm³/mol. The second kappa shape index (κ2) is 5.66. The van der Waals surface area contributed by atoms with E-state index < -0.39 is 0 Å². The largest absolute Gasteiger partial charge is 0.506 e. The van der Waals surface area contributed by atoms with E-state index in [1.807, 2.05) is 18.2 Å². The van der Waals surface area contributed by atoms with Gasteiger partial charge in [0.15, 0.2) is 0 Å². The molecule has 0 saturated carbocycles. The van der Waals surface area contributed by atoms with Crippen LogP contribution in [-0.2, 0) is 17.8 Å². The number of hydrogen-bond acceptors (Lipinski definition) is 3. The van der Waals surface area contributed by atoms with Gasteiger partial charge in [-0.25, -0.2) is 0 Å². The van der Waals surface area contributed by atoms with Crippen LogP contribution in [0.25, 0.3) is 0 Å². The van der Waals surface area contributed by atoms with Crippen molar-refractivity contribution in [3.8, 4) is 5.75 Å². The van der Waals surface area contributed by atoms with Crippen LogP contribution in [0.2, 0.25) is 5.02 Å². The summed E-state index contributed by atoms with van der Waals surface area (Å²) < 4.78 is 0. The number of hydrogen-bond donors (Lipinski definition) is 3. The predicted octanol–water partition coefficient (Wildman–Crippen LogP) is 3.54. The number of carbonyl (C=O) groups is 1. The van der Waals surface area contributed by atoms with Gasteiger partial charge in [-0.05, 0) is 47.9 Å². The molecule has 3 rings (SSSR count). The zero-order valence-electron chi connectivity index (χ0n) is 11.3. The molecule has 0 spiro atoms. The summed E-state index contributed by atoms with van der Waals surface area (Å²) in [5, 5.41) is 15.9. The second-order valence-corrected chi connectivity index (χ2v) is 5.47. The molecule has 0 saturated heterocycles. The highest BCUT2D eigenvalue weighted by molar-refractivity contribution is 6.32. The number of phenolic OH excluding ortho intramolecular Hbond substituents is 1. The van der Waals surface area contributed by atoms with Crippen molar-refractivity contribution in [3.63, 3.8) is 0 Å². The quantitative estimate of drug-likeness (QED) is 0.812. The molecule has 0 unspecified atom stereocenters. The summed E-state index contributed by atoms with van der Waals surface area (Å²) in [6, 6.07) is 11.1. The Bertz CT molecular complexity index is 701. The number of rotatable bonds is 3. The van der Waals surface area contributed by atoms with Gasteiger partial charge in [0, 0.05) is 24.3 Å². The van der Waals surface area contributed by atoms with Crippen molar-refractivity contribution in [1.29, 1.82) is 0 Å². The second-order valence-electron chi connectivity index (χ2n) is 5.06. The summed E-state index contributed by atoms with van der Waals surface area (Å²) >= 11 is 5.89. The number of anilines is 2. The van der Waals surface area contributed by atoms with E-state index in [-0.39, 0.29) is 11.7 Å². The molecule has 0 aromatic heterocycles. The van der Waals surface area contributed by atoms with Gasteiger partial charge >= 0.3 is 0 Å². The van der Waals surface area contributed by atoms with Crippen LogP contribution in [0, 0.1) is 0 Å². The lowest BCUT2D eigenvalue weighted by atomic mass is 10.0. The zero-order valence-corrected chi connectivity index (χ0v) is 12.1. The third-order valence-electron chi connectivity index (χ3n) is 3.51. The number of aryl methyl sites for hydroxylation is 1. The summed E-state index contributed by atoms with van der Waals surface area (Å²) in [5.41, 5.74) is 4.02. The Labute approximate surface area is 127 Å². The maximum Gasteiger partial charge on any atom is 0.224 e. The minimum atomic E-state index is 0.0712. The van der Waals surface area contributed by atoms with Gasteiger partial charge in [0.1, 0.15) is 5.75 Å². The smallest absolute Gasteiger partial charge is 0.224 e. The van der Waals surface area contributed by atoms with Crippen LogP contribution in [0.5, 0.6) is 5.75 Å². The Kier molecular flexibility index (Phi) is 3.71.